The summed E-state index contributed by atoms with van der Waals surface area (Å²) in [5, 5.41) is 0. The third-order valence-electron chi connectivity index (χ3n) is 4.07. The molecule has 2 unspecified atom stereocenters. The van der Waals surface area contributed by atoms with E-state index in [-0.39, 0.29) is 9.88 Å². The predicted octanol–water partition coefficient (Wildman–Crippen LogP) is 1.99. The zero-order chi connectivity index (χ0) is 14.9. The van der Waals surface area contributed by atoms with Crippen LogP contribution in [0.4, 0.5) is 0 Å². The van der Waals surface area contributed by atoms with Crippen LogP contribution in [0, 0.1) is 11.8 Å². The van der Waals surface area contributed by atoms with E-state index >= 15 is 0 Å². The quantitative estimate of drug-likeness (QED) is 0.867. The lowest BCUT2D eigenvalue weighted by molar-refractivity contribution is 0.212. The Morgan fingerprint density at radius 2 is 1.95 bits per heavy atom. The second-order valence-corrected chi connectivity index (χ2v) is 7.81. The van der Waals surface area contributed by atoms with E-state index in [2.05, 4.69) is 13.8 Å². The zero-order valence-electron chi connectivity index (χ0n) is 11.7. The minimum absolute atomic E-state index is 0.114. The van der Waals surface area contributed by atoms with Crippen molar-refractivity contribution >= 4 is 27.2 Å². The molecule has 0 spiro atoms. The van der Waals surface area contributed by atoms with Gasteiger partial charge in [0.05, 0.1) is 4.90 Å². The lowest BCUT2D eigenvalue weighted by Crippen LogP contribution is -2.42. The van der Waals surface area contributed by atoms with E-state index in [0.717, 1.165) is 6.42 Å². The SMILES string of the molecule is CC1CCN(S(=O)(=O)c2ccccc2C(N)=S)CC1C. The van der Waals surface area contributed by atoms with Crippen molar-refractivity contribution in [1.82, 2.24) is 4.31 Å². The number of hydrogen-bond acceptors (Lipinski definition) is 3. The van der Waals surface area contributed by atoms with Crippen LogP contribution in [0.1, 0.15) is 25.8 Å². The number of piperidine rings is 1. The fraction of sp³-hybridized carbons (Fsp3) is 0.500. The zero-order valence-corrected chi connectivity index (χ0v) is 13.4. The molecular weight excluding hydrogens is 292 g/mol. The van der Waals surface area contributed by atoms with E-state index < -0.39 is 10.0 Å². The number of benzene rings is 1. The standard InChI is InChI=1S/C14H20N2O2S2/c1-10-7-8-16(9-11(10)2)20(17,18)13-6-4-3-5-12(13)14(15)19/h3-6,10-11H,7-9H2,1-2H3,(H2,15,19). The molecular formula is C14H20N2O2S2. The minimum Gasteiger partial charge on any atom is -0.389 e. The molecule has 6 heteroatoms. The number of nitrogens with two attached hydrogens (primary N) is 1. The highest BCUT2D eigenvalue weighted by Gasteiger charge is 2.33. The van der Waals surface area contributed by atoms with Gasteiger partial charge in [-0.05, 0) is 24.3 Å². The Morgan fingerprint density at radius 1 is 1.30 bits per heavy atom. The Morgan fingerprint density at radius 3 is 2.55 bits per heavy atom. The normalized spacial score (nSPS) is 24.5. The van der Waals surface area contributed by atoms with Crippen LogP contribution in [0.15, 0.2) is 29.2 Å². The Labute approximate surface area is 126 Å². The number of sulfonamides is 1. The molecule has 0 saturated carbocycles. The fourth-order valence-electron chi connectivity index (χ4n) is 2.48. The molecule has 0 aliphatic carbocycles. The molecule has 2 atom stereocenters. The van der Waals surface area contributed by atoms with Crippen molar-refractivity contribution in [2.24, 2.45) is 17.6 Å². The summed E-state index contributed by atoms with van der Waals surface area (Å²) < 4.78 is 27.1. The first-order valence-corrected chi connectivity index (χ1v) is 8.58. The molecule has 0 bridgehead atoms. The molecule has 1 aromatic rings. The van der Waals surface area contributed by atoms with Gasteiger partial charge in [-0.25, -0.2) is 8.42 Å². The number of rotatable bonds is 3. The molecule has 2 rings (SSSR count). The molecule has 1 aliphatic heterocycles. The number of nitrogens with zero attached hydrogens (tertiary/aromatic N) is 1. The third kappa shape index (κ3) is 2.87. The lowest BCUT2D eigenvalue weighted by atomic mass is 9.90. The van der Waals surface area contributed by atoms with Crippen LogP contribution in [-0.2, 0) is 10.0 Å². The summed E-state index contributed by atoms with van der Waals surface area (Å²) in [7, 11) is -3.53. The van der Waals surface area contributed by atoms with Gasteiger partial charge >= 0.3 is 0 Å². The van der Waals surface area contributed by atoms with E-state index in [1.165, 1.54) is 0 Å². The first kappa shape index (κ1) is 15.4. The average Bonchev–Trinajstić information content (AvgIpc) is 2.41. The first-order valence-electron chi connectivity index (χ1n) is 6.73. The van der Waals surface area contributed by atoms with Crippen LogP contribution in [0.5, 0.6) is 0 Å². The largest absolute Gasteiger partial charge is 0.389 e. The second-order valence-electron chi connectivity index (χ2n) is 5.47. The summed E-state index contributed by atoms with van der Waals surface area (Å²) in [4.78, 5) is 0.330. The number of hydrogen-bond donors (Lipinski definition) is 1. The Kier molecular flexibility index (Phi) is 4.46. The Balaban J connectivity index is 2.39. The van der Waals surface area contributed by atoms with E-state index in [1.54, 1.807) is 28.6 Å². The van der Waals surface area contributed by atoms with Gasteiger partial charge < -0.3 is 5.73 Å². The summed E-state index contributed by atoms with van der Waals surface area (Å²) >= 11 is 4.96. The molecule has 1 fully saturated rings. The highest BCUT2D eigenvalue weighted by molar-refractivity contribution is 7.89. The molecule has 110 valence electrons. The summed E-state index contributed by atoms with van der Waals surface area (Å²) in [6, 6.07) is 6.68. The Bertz CT molecular complexity index is 613. The Hall–Kier alpha value is -0.980. The van der Waals surface area contributed by atoms with Gasteiger partial charge in [0, 0.05) is 18.7 Å². The monoisotopic (exact) mass is 312 g/mol. The van der Waals surface area contributed by atoms with E-state index in [0.29, 0.717) is 30.5 Å². The van der Waals surface area contributed by atoms with Crippen LogP contribution >= 0.6 is 12.2 Å². The van der Waals surface area contributed by atoms with Crippen molar-refractivity contribution in [2.45, 2.75) is 25.2 Å². The van der Waals surface area contributed by atoms with Crippen LogP contribution in [0.3, 0.4) is 0 Å². The molecule has 1 heterocycles. The molecule has 1 aliphatic rings. The van der Waals surface area contributed by atoms with Crippen LogP contribution in [0.2, 0.25) is 0 Å². The van der Waals surface area contributed by atoms with Crippen molar-refractivity contribution in [2.75, 3.05) is 13.1 Å². The van der Waals surface area contributed by atoms with E-state index in [1.807, 2.05) is 0 Å². The molecule has 2 N–H and O–H groups in total. The van der Waals surface area contributed by atoms with E-state index in [4.69, 9.17) is 18.0 Å². The molecule has 0 radical (unpaired) electrons. The van der Waals surface area contributed by atoms with Crippen LogP contribution < -0.4 is 5.73 Å². The molecule has 1 aromatic carbocycles. The van der Waals surface area contributed by atoms with Gasteiger partial charge in [0.1, 0.15) is 4.99 Å². The van der Waals surface area contributed by atoms with Crippen LogP contribution in [-0.4, -0.2) is 30.8 Å². The average molecular weight is 312 g/mol. The molecule has 0 amide bonds. The van der Waals surface area contributed by atoms with Gasteiger partial charge in [-0.2, -0.15) is 4.31 Å². The highest BCUT2D eigenvalue weighted by atomic mass is 32.2. The maximum atomic E-state index is 12.8. The van der Waals surface area contributed by atoms with Crippen molar-refractivity contribution in [3.63, 3.8) is 0 Å². The van der Waals surface area contributed by atoms with Gasteiger partial charge in [0.15, 0.2) is 0 Å². The van der Waals surface area contributed by atoms with Gasteiger partial charge in [-0.3, -0.25) is 0 Å². The fourth-order valence-corrected chi connectivity index (χ4v) is 4.48. The number of thiocarbonyl (C=S) groups is 1. The van der Waals surface area contributed by atoms with Gasteiger partial charge in [-0.15, -0.1) is 0 Å². The maximum Gasteiger partial charge on any atom is 0.243 e. The molecule has 1 saturated heterocycles. The second kappa shape index (κ2) is 5.79. The smallest absolute Gasteiger partial charge is 0.243 e. The summed E-state index contributed by atoms with van der Waals surface area (Å²) in [5.41, 5.74) is 6.06. The van der Waals surface area contributed by atoms with Crippen LogP contribution in [0.25, 0.3) is 0 Å². The minimum atomic E-state index is -3.53. The molecule has 20 heavy (non-hydrogen) atoms. The summed E-state index contributed by atoms with van der Waals surface area (Å²) in [5.74, 6) is 0.905. The first-order chi connectivity index (χ1) is 9.34. The predicted molar refractivity (Wildman–Crippen MR) is 84.0 cm³/mol. The van der Waals surface area contributed by atoms with Crippen molar-refractivity contribution in [3.8, 4) is 0 Å². The van der Waals surface area contributed by atoms with Crippen molar-refractivity contribution in [3.05, 3.63) is 29.8 Å². The third-order valence-corrected chi connectivity index (χ3v) is 6.21. The van der Waals surface area contributed by atoms with Gasteiger partial charge in [-0.1, -0.05) is 44.3 Å². The van der Waals surface area contributed by atoms with Gasteiger partial charge in [0.2, 0.25) is 10.0 Å². The highest BCUT2D eigenvalue weighted by Crippen LogP contribution is 2.28. The van der Waals surface area contributed by atoms with Crippen molar-refractivity contribution in [1.29, 1.82) is 0 Å². The molecule has 4 nitrogen and oxygen atoms in total. The summed E-state index contributed by atoms with van der Waals surface area (Å²) in [6.45, 7) is 5.36. The maximum absolute atomic E-state index is 12.8. The van der Waals surface area contributed by atoms with E-state index in [9.17, 15) is 8.42 Å². The lowest BCUT2D eigenvalue weighted by Gasteiger charge is -2.34. The summed E-state index contributed by atoms with van der Waals surface area (Å²) in [6.07, 6.45) is 0.885. The van der Waals surface area contributed by atoms with Crippen molar-refractivity contribution < 1.29 is 8.42 Å². The molecule has 0 aromatic heterocycles. The van der Waals surface area contributed by atoms with Gasteiger partial charge in [0.25, 0.3) is 0 Å². The topological polar surface area (TPSA) is 63.4 Å².